The number of ketones is 1. The van der Waals surface area contributed by atoms with Crippen LogP contribution in [0.5, 0.6) is 0 Å². The minimum Gasteiger partial charge on any atom is -0.461 e. The van der Waals surface area contributed by atoms with Gasteiger partial charge < -0.3 is 10.2 Å². The number of nitrogens with zero attached hydrogens (tertiary/aromatic N) is 3. The lowest BCUT2D eigenvalue weighted by molar-refractivity contribution is -0.118. The first kappa shape index (κ1) is 19.2. The van der Waals surface area contributed by atoms with Crippen LogP contribution < -0.4 is 5.73 Å². The number of carbonyl (C=O) groups excluding carboxylic acids is 2. The molecule has 1 aromatic carbocycles. The van der Waals surface area contributed by atoms with Gasteiger partial charge in [0.25, 0.3) is 0 Å². The maximum absolute atomic E-state index is 12.7. The number of hydrogen-bond acceptors (Lipinski definition) is 6. The molecular formula is C18H17ClN4O3S. The highest BCUT2D eigenvalue weighted by Crippen LogP contribution is 2.29. The zero-order chi connectivity index (χ0) is 19.4. The predicted molar refractivity (Wildman–Crippen MR) is 103 cm³/mol. The number of benzene rings is 1. The van der Waals surface area contributed by atoms with Gasteiger partial charge in [0.15, 0.2) is 22.5 Å². The maximum Gasteiger partial charge on any atom is 0.219 e. The van der Waals surface area contributed by atoms with E-state index in [1.54, 1.807) is 47.9 Å². The standard InChI is InChI=1S/C18H17ClN4O3S/c1-11(16(25)12-4-6-13(19)7-5-12)27-18-22-21-17(14-3-2-10-26-14)23(18)9-8-15(20)24/h2-7,10-11H,8-9H2,1H3,(H2,20,24). The van der Waals surface area contributed by atoms with Crippen LogP contribution in [0.25, 0.3) is 11.6 Å². The van der Waals surface area contributed by atoms with Crippen LogP contribution in [0.15, 0.2) is 52.2 Å². The minimum absolute atomic E-state index is 0.0549. The number of halogens is 1. The molecule has 0 spiro atoms. The molecule has 1 unspecified atom stereocenters. The monoisotopic (exact) mass is 404 g/mol. The normalized spacial score (nSPS) is 12.1. The summed E-state index contributed by atoms with van der Waals surface area (Å²) in [6, 6.07) is 10.2. The van der Waals surface area contributed by atoms with Crippen molar-refractivity contribution in [3.63, 3.8) is 0 Å². The Morgan fingerprint density at radius 2 is 2.00 bits per heavy atom. The average Bonchev–Trinajstić information content (AvgIpc) is 3.29. The fraction of sp³-hybridized carbons (Fsp3) is 0.222. The molecule has 0 saturated carbocycles. The maximum atomic E-state index is 12.7. The molecular weight excluding hydrogens is 388 g/mol. The molecule has 9 heteroatoms. The molecule has 0 aliphatic carbocycles. The van der Waals surface area contributed by atoms with E-state index in [-0.39, 0.29) is 12.2 Å². The van der Waals surface area contributed by atoms with Crippen molar-refractivity contribution in [3.8, 4) is 11.6 Å². The van der Waals surface area contributed by atoms with Crippen LogP contribution in [-0.2, 0) is 11.3 Å². The predicted octanol–water partition coefficient (Wildman–Crippen LogP) is 3.43. The third-order valence-electron chi connectivity index (χ3n) is 3.82. The largest absolute Gasteiger partial charge is 0.461 e. The number of primary amides is 1. The molecule has 0 aliphatic heterocycles. The van der Waals surface area contributed by atoms with Crippen LogP contribution in [0.4, 0.5) is 0 Å². The molecule has 0 aliphatic rings. The molecule has 2 heterocycles. The van der Waals surface area contributed by atoms with Crippen LogP contribution in [0.1, 0.15) is 23.7 Å². The lowest BCUT2D eigenvalue weighted by atomic mass is 10.1. The summed E-state index contributed by atoms with van der Waals surface area (Å²) in [5, 5.41) is 8.99. The molecule has 27 heavy (non-hydrogen) atoms. The Hall–Kier alpha value is -2.58. The van der Waals surface area contributed by atoms with Gasteiger partial charge in [-0.15, -0.1) is 10.2 Å². The molecule has 2 N–H and O–H groups in total. The van der Waals surface area contributed by atoms with Gasteiger partial charge >= 0.3 is 0 Å². The lowest BCUT2D eigenvalue weighted by Gasteiger charge is -2.12. The summed E-state index contributed by atoms with van der Waals surface area (Å²) in [6.45, 7) is 2.09. The number of amides is 1. The highest BCUT2D eigenvalue weighted by Gasteiger charge is 2.22. The summed E-state index contributed by atoms with van der Waals surface area (Å²) in [4.78, 5) is 23.9. The van der Waals surface area contributed by atoms with Crippen molar-refractivity contribution < 1.29 is 14.0 Å². The molecule has 1 atom stereocenters. The van der Waals surface area contributed by atoms with Crippen LogP contribution in [0, 0.1) is 0 Å². The number of thioether (sulfide) groups is 1. The van der Waals surface area contributed by atoms with E-state index in [1.165, 1.54) is 18.0 Å². The van der Waals surface area contributed by atoms with Gasteiger partial charge in [-0.3, -0.25) is 14.2 Å². The molecule has 0 fully saturated rings. The molecule has 3 rings (SSSR count). The number of nitrogens with two attached hydrogens (primary N) is 1. The van der Waals surface area contributed by atoms with Crippen molar-refractivity contribution >= 4 is 35.1 Å². The van der Waals surface area contributed by atoms with Gasteiger partial charge in [0.2, 0.25) is 5.91 Å². The van der Waals surface area contributed by atoms with Crippen molar-refractivity contribution in [2.75, 3.05) is 0 Å². The molecule has 1 amide bonds. The molecule has 2 aromatic heterocycles. The average molecular weight is 405 g/mol. The Morgan fingerprint density at radius 1 is 1.26 bits per heavy atom. The fourth-order valence-corrected chi connectivity index (χ4v) is 3.53. The van der Waals surface area contributed by atoms with E-state index in [2.05, 4.69) is 10.2 Å². The van der Waals surface area contributed by atoms with E-state index >= 15 is 0 Å². The second-order valence-corrected chi connectivity index (χ2v) is 7.53. The van der Waals surface area contributed by atoms with Crippen LogP contribution in [-0.4, -0.2) is 31.7 Å². The van der Waals surface area contributed by atoms with Crippen molar-refractivity contribution in [1.82, 2.24) is 14.8 Å². The second-order valence-electron chi connectivity index (χ2n) is 5.78. The number of aromatic nitrogens is 3. The quantitative estimate of drug-likeness (QED) is 0.455. The van der Waals surface area contributed by atoms with Crippen LogP contribution in [0.2, 0.25) is 5.02 Å². The van der Waals surface area contributed by atoms with Crippen LogP contribution >= 0.6 is 23.4 Å². The molecule has 140 valence electrons. The summed E-state index contributed by atoms with van der Waals surface area (Å²) < 4.78 is 7.12. The van der Waals surface area contributed by atoms with Gasteiger partial charge in [0, 0.05) is 23.6 Å². The number of hydrogen-bond donors (Lipinski definition) is 1. The van der Waals surface area contributed by atoms with Gasteiger partial charge in [0.05, 0.1) is 11.5 Å². The topological polar surface area (TPSA) is 104 Å². The Labute approximate surface area is 164 Å². The second kappa shape index (κ2) is 8.41. The summed E-state index contributed by atoms with van der Waals surface area (Å²) in [7, 11) is 0. The summed E-state index contributed by atoms with van der Waals surface area (Å²) >= 11 is 7.13. The van der Waals surface area contributed by atoms with E-state index in [1.807, 2.05) is 0 Å². The third-order valence-corrected chi connectivity index (χ3v) is 5.15. The lowest BCUT2D eigenvalue weighted by Crippen LogP contribution is -2.17. The van der Waals surface area contributed by atoms with E-state index in [4.69, 9.17) is 21.8 Å². The van der Waals surface area contributed by atoms with Gasteiger partial charge in [-0.25, -0.2) is 0 Å². The molecule has 0 saturated heterocycles. The Morgan fingerprint density at radius 3 is 2.63 bits per heavy atom. The Kier molecular flexibility index (Phi) is 5.98. The number of rotatable bonds is 8. The molecule has 0 bridgehead atoms. The highest BCUT2D eigenvalue weighted by molar-refractivity contribution is 8.00. The first-order valence-electron chi connectivity index (χ1n) is 8.17. The highest BCUT2D eigenvalue weighted by atomic mass is 35.5. The zero-order valence-electron chi connectivity index (χ0n) is 14.5. The van der Waals surface area contributed by atoms with Gasteiger partial charge in [-0.05, 0) is 43.3 Å². The number of carbonyl (C=O) groups is 2. The Balaban J connectivity index is 1.83. The fourth-order valence-electron chi connectivity index (χ4n) is 2.45. The summed E-state index contributed by atoms with van der Waals surface area (Å²) in [5.41, 5.74) is 5.84. The van der Waals surface area contributed by atoms with E-state index in [0.29, 0.717) is 33.9 Å². The first-order chi connectivity index (χ1) is 13.0. The van der Waals surface area contributed by atoms with Crippen LogP contribution in [0.3, 0.4) is 0 Å². The molecule has 3 aromatic rings. The van der Waals surface area contributed by atoms with Crippen molar-refractivity contribution in [1.29, 1.82) is 0 Å². The summed E-state index contributed by atoms with van der Waals surface area (Å²) in [6.07, 6.45) is 1.65. The van der Waals surface area contributed by atoms with Gasteiger partial charge in [-0.2, -0.15) is 0 Å². The minimum atomic E-state index is -0.435. The van der Waals surface area contributed by atoms with Crippen molar-refractivity contribution in [3.05, 3.63) is 53.2 Å². The van der Waals surface area contributed by atoms with E-state index < -0.39 is 11.2 Å². The zero-order valence-corrected chi connectivity index (χ0v) is 16.0. The third kappa shape index (κ3) is 4.58. The smallest absolute Gasteiger partial charge is 0.219 e. The number of furan rings is 1. The molecule has 7 nitrogen and oxygen atoms in total. The van der Waals surface area contributed by atoms with Gasteiger partial charge in [-0.1, -0.05) is 23.4 Å². The molecule has 0 radical (unpaired) electrons. The van der Waals surface area contributed by atoms with E-state index in [9.17, 15) is 9.59 Å². The van der Waals surface area contributed by atoms with E-state index in [0.717, 1.165) is 0 Å². The van der Waals surface area contributed by atoms with Crippen molar-refractivity contribution in [2.24, 2.45) is 5.73 Å². The summed E-state index contributed by atoms with van der Waals surface area (Å²) in [5.74, 6) is 0.515. The first-order valence-corrected chi connectivity index (χ1v) is 9.43. The SMILES string of the molecule is CC(Sc1nnc(-c2ccco2)n1CCC(N)=O)C(=O)c1ccc(Cl)cc1. The van der Waals surface area contributed by atoms with Crippen molar-refractivity contribution in [2.45, 2.75) is 30.3 Å². The van der Waals surface area contributed by atoms with Gasteiger partial charge in [0.1, 0.15) is 0 Å². The Bertz CT molecular complexity index is 938. The number of Topliss-reactive ketones (excluding diaryl/α,β-unsaturated/α-hetero) is 1.